The second kappa shape index (κ2) is 9.34. The lowest BCUT2D eigenvalue weighted by Crippen LogP contribution is -2.55. The smallest absolute Gasteiger partial charge is 0.251 e. The molecule has 1 amide bonds. The summed E-state index contributed by atoms with van der Waals surface area (Å²) in [6, 6.07) is 13.8. The third-order valence-corrected chi connectivity index (χ3v) is 4.92. The van der Waals surface area contributed by atoms with Crippen LogP contribution in [0.5, 0.6) is 5.75 Å². The highest BCUT2D eigenvalue weighted by Gasteiger charge is 2.43. The Labute approximate surface area is 168 Å². The average molecular weight is 403 g/mol. The molecule has 0 radical (unpaired) electrons. The standard InChI is InChI=1S/C21H25NO7/c1-22-21(27)13-5-7-15(8-6-13)28-11-12-3-2-4-14(9-12)20-19(26)18(25)17(24)16(10-23)29-20/h2-9,16-20,23-26H,10-11H2,1H3,(H,22,27). The molecular weight excluding hydrogens is 378 g/mol. The Morgan fingerprint density at radius 3 is 2.45 bits per heavy atom. The number of aliphatic hydroxyl groups excluding tert-OH is 4. The molecule has 29 heavy (non-hydrogen) atoms. The third-order valence-electron chi connectivity index (χ3n) is 4.92. The summed E-state index contributed by atoms with van der Waals surface area (Å²) < 4.78 is 11.3. The Kier molecular flexibility index (Phi) is 6.83. The first-order valence-corrected chi connectivity index (χ1v) is 9.29. The van der Waals surface area contributed by atoms with E-state index in [1.54, 1.807) is 49.5 Å². The Bertz CT molecular complexity index is 824. The van der Waals surface area contributed by atoms with Crippen LogP contribution >= 0.6 is 0 Å². The topological polar surface area (TPSA) is 128 Å². The summed E-state index contributed by atoms with van der Waals surface area (Å²) in [6.45, 7) is -0.235. The minimum Gasteiger partial charge on any atom is -0.489 e. The van der Waals surface area contributed by atoms with Crippen LogP contribution in [-0.4, -0.2) is 64.4 Å². The van der Waals surface area contributed by atoms with Crippen molar-refractivity contribution in [2.75, 3.05) is 13.7 Å². The Hall–Kier alpha value is -2.49. The SMILES string of the molecule is CNC(=O)c1ccc(OCc2cccc(C3OC(CO)C(O)C(O)C3O)c2)cc1. The van der Waals surface area contributed by atoms with Crippen LogP contribution in [0.15, 0.2) is 48.5 Å². The number of carbonyl (C=O) groups excluding carboxylic acids is 1. The number of hydrogen-bond acceptors (Lipinski definition) is 7. The van der Waals surface area contributed by atoms with Crippen molar-refractivity contribution in [1.29, 1.82) is 0 Å². The summed E-state index contributed by atoms with van der Waals surface area (Å²) in [7, 11) is 1.56. The van der Waals surface area contributed by atoms with E-state index in [4.69, 9.17) is 9.47 Å². The third kappa shape index (κ3) is 4.75. The molecule has 5 N–H and O–H groups in total. The van der Waals surface area contributed by atoms with Gasteiger partial charge in [0.15, 0.2) is 0 Å². The largest absolute Gasteiger partial charge is 0.489 e. The van der Waals surface area contributed by atoms with E-state index >= 15 is 0 Å². The lowest BCUT2D eigenvalue weighted by Gasteiger charge is -2.40. The van der Waals surface area contributed by atoms with E-state index in [1.165, 1.54) is 0 Å². The lowest BCUT2D eigenvalue weighted by atomic mass is 9.91. The number of rotatable bonds is 6. The maximum absolute atomic E-state index is 11.6. The molecule has 1 aliphatic rings. The molecule has 0 aromatic heterocycles. The van der Waals surface area contributed by atoms with Crippen LogP contribution < -0.4 is 10.1 Å². The van der Waals surface area contributed by atoms with E-state index in [-0.39, 0.29) is 12.5 Å². The quantitative estimate of drug-likeness (QED) is 0.464. The summed E-state index contributed by atoms with van der Waals surface area (Å²) in [5.74, 6) is 0.416. The monoisotopic (exact) mass is 403 g/mol. The average Bonchev–Trinajstić information content (AvgIpc) is 2.76. The van der Waals surface area contributed by atoms with Gasteiger partial charge in [0.2, 0.25) is 0 Å². The highest BCUT2D eigenvalue weighted by atomic mass is 16.5. The highest BCUT2D eigenvalue weighted by molar-refractivity contribution is 5.94. The van der Waals surface area contributed by atoms with Crippen molar-refractivity contribution in [3.63, 3.8) is 0 Å². The van der Waals surface area contributed by atoms with Crippen molar-refractivity contribution in [2.45, 2.75) is 37.1 Å². The van der Waals surface area contributed by atoms with Crippen LogP contribution in [-0.2, 0) is 11.3 Å². The zero-order valence-electron chi connectivity index (χ0n) is 15.9. The molecule has 1 heterocycles. The van der Waals surface area contributed by atoms with Gasteiger partial charge in [-0.3, -0.25) is 4.79 Å². The van der Waals surface area contributed by atoms with Gasteiger partial charge in [0.25, 0.3) is 5.91 Å². The van der Waals surface area contributed by atoms with Crippen LogP contribution in [0.1, 0.15) is 27.6 Å². The molecule has 0 aliphatic carbocycles. The van der Waals surface area contributed by atoms with E-state index in [2.05, 4.69) is 5.32 Å². The fraction of sp³-hybridized carbons (Fsp3) is 0.381. The molecule has 156 valence electrons. The first-order valence-electron chi connectivity index (χ1n) is 9.29. The van der Waals surface area contributed by atoms with Gasteiger partial charge in [-0.15, -0.1) is 0 Å². The number of nitrogens with one attached hydrogen (secondary N) is 1. The molecule has 5 unspecified atom stereocenters. The maximum atomic E-state index is 11.6. The molecule has 3 rings (SSSR count). The first-order chi connectivity index (χ1) is 13.9. The van der Waals surface area contributed by atoms with Gasteiger partial charge < -0.3 is 35.2 Å². The van der Waals surface area contributed by atoms with Crippen molar-refractivity contribution in [3.05, 3.63) is 65.2 Å². The lowest BCUT2D eigenvalue weighted by molar-refractivity contribution is -0.231. The zero-order chi connectivity index (χ0) is 21.0. The number of carbonyl (C=O) groups is 1. The van der Waals surface area contributed by atoms with Crippen molar-refractivity contribution in [1.82, 2.24) is 5.32 Å². The van der Waals surface area contributed by atoms with Crippen LogP contribution in [0, 0.1) is 0 Å². The molecule has 8 heteroatoms. The zero-order valence-corrected chi connectivity index (χ0v) is 15.9. The fourth-order valence-corrected chi connectivity index (χ4v) is 3.25. The van der Waals surface area contributed by atoms with E-state index in [0.717, 1.165) is 5.56 Å². The fourth-order valence-electron chi connectivity index (χ4n) is 3.25. The molecule has 0 saturated carbocycles. The molecule has 2 aromatic rings. The van der Waals surface area contributed by atoms with Crippen molar-refractivity contribution in [3.8, 4) is 5.75 Å². The van der Waals surface area contributed by atoms with Crippen molar-refractivity contribution < 1.29 is 34.7 Å². The molecule has 8 nitrogen and oxygen atoms in total. The molecule has 1 fully saturated rings. The van der Waals surface area contributed by atoms with E-state index in [9.17, 15) is 25.2 Å². The van der Waals surface area contributed by atoms with Gasteiger partial charge in [0.1, 0.15) is 42.9 Å². The minimum absolute atomic E-state index is 0.177. The highest BCUT2D eigenvalue weighted by Crippen LogP contribution is 2.32. The van der Waals surface area contributed by atoms with Gasteiger partial charge in [0, 0.05) is 12.6 Å². The molecule has 0 spiro atoms. The molecule has 2 aromatic carbocycles. The maximum Gasteiger partial charge on any atom is 0.251 e. The van der Waals surface area contributed by atoms with Gasteiger partial charge >= 0.3 is 0 Å². The van der Waals surface area contributed by atoms with Crippen LogP contribution in [0.25, 0.3) is 0 Å². The Morgan fingerprint density at radius 2 is 1.79 bits per heavy atom. The molecule has 0 bridgehead atoms. The van der Waals surface area contributed by atoms with E-state index < -0.39 is 37.1 Å². The summed E-state index contributed by atoms with van der Waals surface area (Å²) in [5, 5.41) is 42.1. The van der Waals surface area contributed by atoms with Crippen LogP contribution in [0.2, 0.25) is 0 Å². The summed E-state index contributed by atoms with van der Waals surface area (Å²) in [4.78, 5) is 11.6. The summed E-state index contributed by atoms with van der Waals surface area (Å²) in [6.07, 6.45) is -6.00. The number of aliphatic hydroxyl groups is 4. The molecular formula is C21H25NO7. The van der Waals surface area contributed by atoms with Gasteiger partial charge in [0.05, 0.1) is 6.61 Å². The Balaban J connectivity index is 1.68. The summed E-state index contributed by atoms with van der Waals surface area (Å²) in [5.41, 5.74) is 1.93. The normalized spacial score (nSPS) is 26.7. The minimum atomic E-state index is -1.43. The molecule has 5 atom stereocenters. The van der Waals surface area contributed by atoms with E-state index in [1.807, 2.05) is 6.07 Å². The van der Waals surface area contributed by atoms with Gasteiger partial charge in [-0.25, -0.2) is 0 Å². The second-order valence-corrected chi connectivity index (χ2v) is 6.89. The van der Waals surface area contributed by atoms with Crippen LogP contribution in [0.4, 0.5) is 0 Å². The van der Waals surface area contributed by atoms with Gasteiger partial charge in [-0.1, -0.05) is 18.2 Å². The number of benzene rings is 2. The number of amides is 1. The van der Waals surface area contributed by atoms with Crippen molar-refractivity contribution >= 4 is 5.91 Å². The predicted molar refractivity (Wildman–Crippen MR) is 103 cm³/mol. The van der Waals surface area contributed by atoms with Crippen LogP contribution in [0.3, 0.4) is 0 Å². The first kappa shape index (κ1) is 21.2. The Morgan fingerprint density at radius 1 is 1.07 bits per heavy atom. The number of ether oxygens (including phenoxy) is 2. The van der Waals surface area contributed by atoms with E-state index in [0.29, 0.717) is 16.9 Å². The van der Waals surface area contributed by atoms with Gasteiger partial charge in [-0.05, 0) is 41.5 Å². The van der Waals surface area contributed by atoms with Gasteiger partial charge in [-0.2, -0.15) is 0 Å². The second-order valence-electron chi connectivity index (χ2n) is 6.89. The van der Waals surface area contributed by atoms with Crippen molar-refractivity contribution in [2.24, 2.45) is 0 Å². The number of hydrogen-bond donors (Lipinski definition) is 5. The molecule has 1 saturated heterocycles. The summed E-state index contributed by atoms with van der Waals surface area (Å²) >= 11 is 0. The molecule has 1 aliphatic heterocycles. The predicted octanol–water partition coefficient (Wildman–Crippen LogP) is 0.140.